The second kappa shape index (κ2) is 4.40. The molecule has 0 saturated carbocycles. The predicted molar refractivity (Wildman–Crippen MR) is 56.2 cm³/mol. The fourth-order valence-electron chi connectivity index (χ4n) is 1.04. The molecule has 0 aliphatic heterocycles. The minimum absolute atomic E-state index is 0.187. The van der Waals surface area contributed by atoms with Crippen LogP contribution in [0.25, 0.3) is 0 Å². The van der Waals surface area contributed by atoms with E-state index in [0.717, 1.165) is 0 Å². The Labute approximate surface area is 87.8 Å². The van der Waals surface area contributed by atoms with Gasteiger partial charge < -0.3 is 5.11 Å². The molecule has 0 bridgehead atoms. The van der Waals surface area contributed by atoms with Gasteiger partial charge in [0.2, 0.25) is 0 Å². The van der Waals surface area contributed by atoms with Crippen molar-refractivity contribution in [1.82, 2.24) is 0 Å². The quantitative estimate of drug-likeness (QED) is 0.779. The first-order valence-corrected chi connectivity index (χ1v) is 4.53. The van der Waals surface area contributed by atoms with E-state index >= 15 is 0 Å². The topological polar surface area (TPSA) is 37.3 Å². The Balaban J connectivity index is 2.89. The zero-order valence-corrected chi connectivity index (χ0v) is 8.58. The molecule has 0 unspecified atom stereocenters. The smallest absolute Gasteiger partial charge is 0.158 e. The first-order chi connectivity index (χ1) is 6.52. The van der Waals surface area contributed by atoms with E-state index in [2.05, 4.69) is 6.58 Å². The summed E-state index contributed by atoms with van der Waals surface area (Å²) in [6, 6.07) is 6.66. The summed E-state index contributed by atoms with van der Waals surface area (Å²) in [7, 11) is 0. The minimum atomic E-state index is -0.940. The summed E-state index contributed by atoms with van der Waals surface area (Å²) in [5.74, 6) is -0.215. The summed E-state index contributed by atoms with van der Waals surface area (Å²) in [4.78, 5) is 10.9. The van der Waals surface area contributed by atoms with Gasteiger partial charge in [-0.05, 0) is 24.6 Å². The Bertz CT molecular complexity index is 354. The number of carbonyl (C=O) groups excluding carboxylic acids is 1. The average Bonchev–Trinajstić information content (AvgIpc) is 2.16. The van der Waals surface area contributed by atoms with Gasteiger partial charge in [-0.3, -0.25) is 4.79 Å². The molecule has 1 N–H and O–H groups in total. The number of Topliss-reactive ketones (excluding diaryl/α,β-unsaturated/α-hetero) is 1. The summed E-state index contributed by atoms with van der Waals surface area (Å²) in [5, 5.41) is 10.3. The number of ketones is 1. The van der Waals surface area contributed by atoms with Crippen molar-refractivity contribution in [2.45, 2.75) is 13.0 Å². The first kappa shape index (κ1) is 11.0. The summed E-state index contributed by atoms with van der Waals surface area (Å²) >= 11 is 5.69. The third-order valence-corrected chi connectivity index (χ3v) is 2.22. The SMILES string of the molecule is C=C(C(C)=O)[C@@H](O)c1ccc(Cl)cc1. The van der Waals surface area contributed by atoms with Crippen LogP contribution >= 0.6 is 11.6 Å². The molecule has 0 aliphatic rings. The molecule has 1 atom stereocenters. The number of aliphatic hydroxyl groups is 1. The zero-order valence-electron chi connectivity index (χ0n) is 7.83. The minimum Gasteiger partial charge on any atom is -0.384 e. The van der Waals surface area contributed by atoms with Gasteiger partial charge in [-0.25, -0.2) is 0 Å². The second-order valence-electron chi connectivity index (χ2n) is 3.04. The molecule has 0 aliphatic carbocycles. The largest absolute Gasteiger partial charge is 0.384 e. The third kappa shape index (κ3) is 2.44. The lowest BCUT2D eigenvalue weighted by Crippen LogP contribution is -2.07. The van der Waals surface area contributed by atoms with Gasteiger partial charge in [0, 0.05) is 10.6 Å². The maximum Gasteiger partial charge on any atom is 0.158 e. The van der Waals surface area contributed by atoms with Crippen molar-refractivity contribution in [3.05, 3.63) is 47.0 Å². The van der Waals surface area contributed by atoms with Crippen LogP contribution in [0.5, 0.6) is 0 Å². The fourth-order valence-corrected chi connectivity index (χ4v) is 1.16. The molecule has 0 radical (unpaired) electrons. The van der Waals surface area contributed by atoms with E-state index < -0.39 is 6.10 Å². The van der Waals surface area contributed by atoms with Gasteiger partial charge in [0.05, 0.1) is 0 Å². The van der Waals surface area contributed by atoms with E-state index in [-0.39, 0.29) is 11.4 Å². The van der Waals surface area contributed by atoms with Crippen molar-refractivity contribution in [3.63, 3.8) is 0 Å². The Hall–Kier alpha value is -1.12. The van der Waals surface area contributed by atoms with Crippen molar-refractivity contribution in [3.8, 4) is 0 Å². The highest BCUT2D eigenvalue weighted by Gasteiger charge is 2.14. The normalized spacial score (nSPS) is 12.2. The van der Waals surface area contributed by atoms with Gasteiger partial charge >= 0.3 is 0 Å². The van der Waals surface area contributed by atoms with Crippen LogP contribution in [0.3, 0.4) is 0 Å². The van der Waals surface area contributed by atoms with Crippen molar-refractivity contribution in [2.24, 2.45) is 0 Å². The van der Waals surface area contributed by atoms with Crippen LogP contribution < -0.4 is 0 Å². The Morgan fingerprint density at radius 3 is 2.36 bits per heavy atom. The number of carbonyl (C=O) groups is 1. The van der Waals surface area contributed by atoms with E-state index in [1.807, 2.05) is 0 Å². The summed E-state index contributed by atoms with van der Waals surface area (Å²) in [5.41, 5.74) is 0.807. The predicted octanol–water partition coefficient (Wildman–Crippen LogP) is 2.52. The van der Waals surface area contributed by atoms with E-state index in [0.29, 0.717) is 10.6 Å². The molecule has 1 rings (SSSR count). The lowest BCUT2D eigenvalue weighted by Gasteiger charge is -2.11. The number of halogens is 1. The molecule has 74 valence electrons. The number of rotatable bonds is 3. The highest BCUT2D eigenvalue weighted by molar-refractivity contribution is 6.30. The number of aliphatic hydroxyl groups excluding tert-OH is 1. The molecule has 14 heavy (non-hydrogen) atoms. The van der Waals surface area contributed by atoms with Crippen molar-refractivity contribution >= 4 is 17.4 Å². The molecule has 0 fully saturated rings. The molecule has 3 heteroatoms. The van der Waals surface area contributed by atoms with E-state index in [4.69, 9.17) is 11.6 Å². The lowest BCUT2D eigenvalue weighted by atomic mass is 10.0. The summed E-state index contributed by atoms with van der Waals surface area (Å²) < 4.78 is 0. The standard InChI is InChI=1S/C11H11ClO2/c1-7(8(2)13)11(14)9-3-5-10(12)6-4-9/h3-6,11,14H,1H2,2H3/t11-/m1/s1. The van der Waals surface area contributed by atoms with Crippen LogP contribution in [0.15, 0.2) is 36.4 Å². The molecule has 2 nitrogen and oxygen atoms in total. The Morgan fingerprint density at radius 1 is 1.43 bits per heavy atom. The van der Waals surface area contributed by atoms with Crippen molar-refractivity contribution < 1.29 is 9.90 Å². The molecular weight excluding hydrogens is 200 g/mol. The average molecular weight is 211 g/mol. The van der Waals surface area contributed by atoms with Gasteiger partial charge in [0.15, 0.2) is 5.78 Å². The van der Waals surface area contributed by atoms with Crippen molar-refractivity contribution in [2.75, 3.05) is 0 Å². The molecule has 0 amide bonds. The van der Waals surface area contributed by atoms with Crippen LogP contribution in [0.2, 0.25) is 5.02 Å². The van der Waals surface area contributed by atoms with Gasteiger partial charge in [-0.15, -0.1) is 0 Å². The highest BCUT2D eigenvalue weighted by atomic mass is 35.5. The maximum atomic E-state index is 10.9. The molecule has 0 saturated heterocycles. The monoisotopic (exact) mass is 210 g/mol. The summed E-state index contributed by atoms with van der Waals surface area (Å²) in [6.07, 6.45) is -0.940. The molecule has 0 aromatic heterocycles. The highest BCUT2D eigenvalue weighted by Crippen LogP contribution is 2.22. The maximum absolute atomic E-state index is 10.9. The van der Waals surface area contributed by atoms with E-state index in [9.17, 15) is 9.90 Å². The molecule has 0 spiro atoms. The van der Waals surface area contributed by atoms with Gasteiger partial charge in [-0.1, -0.05) is 30.3 Å². The Morgan fingerprint density at radius 2 is 1.93 bits per heavy atom. The lowest BCUT2D eigenvalue weighted by molar-refractivity contribution is -0.114. The van der Waals surface area contributed by atoms with E-state index in [1.165, 1.54) is 6.92 Å². The molecule has 0 heterocycles. The molecule has 1 aromatic rings. The van der Waals surface area contributed by atoms with E-state index in [1.54, 1.807) is 24.3 Å². The third-order valence-electron chi connectivity index (χ3n) is 1.97. The van der Waals surface area contributed by atoms with Crippen molar-refractivity contribution in [1.29, 1.82) is 0 Å². The first-order valence-electron chi connectivity index (χ1n) is 4.15. The van der Waals surface area contributed by atoms with Crippen LogP contribution in [0.1, 0.15) is 18.6 Å². The molecule has 1 aromatic carbocycles. The van der Waals surface area contributed by atoms with Crippen LogP contribution in [0.4, 0.5) is 0 Å². The Kier molecular flexibility index (Phi) is 3.44. The number of hydrogen-bond acceptors (Lipinski definition) is 2. The van der Waals surface area contributed by atoms with Crippen LogP contribution in [-0.2, 0) is 4.79 Å². The van der Waals surface area contributed by atoms with Crippen LogP contribution in [-0.4, -0.2) is 10.9 Å². The van der Waals surface area contributed by atoms with Gasteiger partial charge in [-0.2, -0.15) is 0 Å². The number of benzene rings is 1. The second-order valence-corrected chi connectivity index (χ2v) is 3.47. The fraction of sp³-hybridized carbons (Fsp3) is 0.182. The van der Waals surface area contributed by atoms with Gasteiger partial charge in [0.25, 0.3) is 0 Å². The van der Waals surface area contributed by atoms with Crippen LogP contribution in [0, 0.1) is 0 Å². The summed E-state index contributed by atoms with van der Waals surface area (Å²) in [6.45, 7) is 4.90. The van der Waals surface area contributed by atoms with Gasteiger partial charge in [0.1, 0.15) is 6.10 Å². The molecular formula is C11H11ClO2. The zero-order chi connectivity index (χ0) is 10.7. The number of hydrogen-bond donors (Lipinski definition) is 1.